The van der Waals surface area contributed by atoms with Gasteiger partial charge in [0.15, 0.2) is 0 Å². The summed E-state index contributed by atoms with van der Waals surface area (Å²) in [7, 11) is 1.69. The van der Waals surface area contributed by atoms with Crippen molar-refractivity contribution < 1.29 is 9.84 Å². The van der Waals surface area contributed by atoms with Crippen LogP contribution in [0.5, 0.6) is 5.75 Å². The molecule has 0 aliphatic rings. The molecule has 2 aromatic heterocycles. The maximum absolute atomic E-state index is 9.42. The standard InChI is InChI=1S/C17H19NO2S/c1-11-8-16(21-10-11)17-12(2)14-9-13(20-3)4-5-15(14)18(17)6-7-19/h4-5,8-10,19H,6-7H2,1-3H3. The molecule has 0 unspecified atom stereocenters. The lowest BCUT2D eigenvalue weighted by molar-refractivity contribution is 0.278. The third-order valence-corrected chi connectivity index (χ3v) is 4.87. The topological polar surface area (TPSA) is 34.4 Å². The molecule has 0 saturated carbocycles. The Morgan fingerprint density at radius 3 is 2.67 bits per heavy atom. The van der Waals surface area contributed by atoms with Crippen LogP contribution in [0.4, 0.5) is 0 Å². The molecule has 0 amide bonds. The van der Waals surface area contributed by atoms with Crippen molar-refractivity contribution in [2.75, 3.05) is 13.7 Å². The van der Waals surface area contributed by atoms with Gasteiger partial charge in [-0.2, -0.15) is 0 Å². The van der Waals surface area contributed by atoms with Gasteiger partial charge in [0.25, 0.3) is 0 Å². The summed E-state index contributed by atoms with van der Waals surface area (Å²) >= 11 is 1.75. The molecular formula is C17H19NO2S. The molecule has 4 heteroatoms. The molecule has 0 fully saturated rings. The van der Waals surface area contributed by atoms with Crippen molar-refractivity contribution in [1.29, 1.82) is 0 Å². The normalized spacial score (nSPS) is 11.2. The van der Waals surface area contributed by atoms with E-state index in [0.29, 0.717) is 6.54 Å². The van der Waals surface area contributed by atoms with Crippen LogP contribution in [-0.2, 0) is 6.54 Å². The molecule has 0 radical (unpaired) electrons. The van der Waals surface area contributed by atoms with Gasteiger partial charge in [-0.15, -0.1) is 11.3 Å². The van der Waals surface area contributed by atoms with Gasteiger partial charge in [-0.3, -0.25) is 0 Å². The summed E-state index contributed by atoms with van der Waals surface area (Å²) in [6, 6.07) is 8.32. The van der Waals surface area contributed by atoms with E-state index in [-0.39, 0.29) is 6.61 Å². The second-order valence-corrected chi connectivity index (χ2v) is 6.13. The first-order valence-corrected chi connectivity index (χ1v) is 7.87. The first-order valence-electron chi connectivity index (χ1n) is 6.99. The van der Waals surface area contributed by atoms with Crippen LogP contribution >= 0.6 is 11.3 Å². The molecule has 2 heterocycles. The number of nitrogens with zero attached hydrogens (tertiary/aromatic N) is 1. The van der Waals surface area contributed by atoms with Gasteiger partial charge in [0.05, 0.1) is 24.3 Å². The minimum atomic E-state index is 0.132. The number of aliphatic hydroxyl groups is 1. The molecule has 110 valence electrons. The van der Waals surface area contributed by atoms with E-state index in [0.717, 1.165) is 11.3 Å². The van der Waals surface area contributed by atoms with Gasteiger partial charge >= 0.3 is 0 Å². The smallest absolute Gasteiger partial charge is 0.119 e. The summed E-state index contributed by atoms with van der Waals surface area (Å²) in [6.07, 6.45) is 0. The zero-order chi connectivity index (χ0) is 15.0. The van der Waals surface area contributed by atoms with Crippen LogP contribution in [-0.4, -0.2) is 23.4 Å². The van der Waals surface area contributed by atoms with Crippen LogP contribution in [0, 0.1) is 13.8 Å². The lowest BCUT2D eigenvalue weighted by Crippen LogP contribution is -2.03. The fourth-order valence-corrected chi connectivity index (χ4v) is 3.84. The van der Waals surface area contributed by atoms with Gasteiger partial charge < -0.3 is 14.4 Å². The molecule has 0 spiro atoms. The maximum atomic E-state index is 9.42. The molecule has 21 heavy (non-hydrogen) atoms. The minimum absolute atomic E-state index is 0.132. The summed E-state index contributed by atoms with van der Waals surface area (Å²) in [5.74, 6) is 0.862. The number of benzene rings is 1. The molecule has 0 atom stereocenters. The van der Waals surface area contributed by atoms with Crippen molar-refractivity contribution in [3.05, 3.63) is 40.8 Å². The van der Waals surface area contributed by atoms with Gasteiger partial charge in [0, 0.05) is 17.4 Å². The van der Waals surface area contributed by atoms with Crippen molar-refractivity contribution in [2.24, 2.45) is 0 Å². The number of aliphatic hydroxyl groups excluding tert-OH is 1. The van der Waals surface area contributed by atoms with Gasteiger partial charge in [-0.1, -0.05) is 0 Å². The predicted octanol–water partition coefficient (Wildman–Crippen LogP) is 3.99. The zero-order valence-corrected chi connectivity index (χ0v) is 13.3. The molecular weight excluding hydrogens is 282 g/mol. The molecule has 1 aromatic carbocycles. The van der Waals surface area contributed by atoms with E-state index < -0.39 is 0 Å². The van der Waals surface area contributed by atoms with E-state index in [1.54, 1.807) is 18.4 Å². The molecule has 0 saturated heterocycles. The number of ether oxygens (including phenoxy) is 1. The van der Waals surface area contributed by atoms with E-state index >= 15 is 0 Å². The van der Waals surface area contributed by atoms with Crippen LogP contribution in [0.2, 0.25) is 0 Å². The van der Waals surface area contributed by atoms with Crippen LogP contribution in [0.3, 0.4) is 0 Å². The van der Waals surface area contributed by atoms with Crippen LogP contribution < -0.4 is 4.74 Å². The van der Waals surface area contributed by atoms with Crippen LogP contribution in [0.1, 0.15) is 11.1 Å². The number of methoxy groups -OCH3 is 1. The SMILES string of the molecule is COc1ccc2c(c1)c(C)c(-c1cc(C)cs1)n2CCO. The van der Waals surface area contributed by atoms with E-state index in [2.05, 4.69) is 42.0 Å². The second-order valence-electron chi connectivity index (χ2n) is 5.22. The van der Waals surface area contributed by atoms with Crippen molar-refractivity contribution in [2.45, 2.75) is 20.4 Å². The first-order chi connectivity index (χ1) is 10.2. The molecule has 1 N–H and O–H groups in total. The van der Waals surface area contributed by atoms with Crippen LogP contribution in [0.25, 0.3) is 21.5 Å². The minimum Gasteiger partial charge on any atom is -0.497 e. The van der Waals surface area contributed by atoms with Crippen LogP contribution in [0.15, 0.2) is 29.6 Å². The zero-order valence-electron chi connectivity index (χ0n) is 12.5. The number of fused-ring (bicyclic) bond motifs is 1. The van der Waals surface area contributed by atoms with Gasteiger partial charge in [-0.25, -0.2) is 0 Å². The number of rotatable bonds is 4. The van der Waals surface area contributed by atoms with E-state index in [9.17, 15) is 5.11 Å². The van der Waals surface area contributed by atoms with E-state index in [1.165, 1.54) is 27.1 Å². The number of hydrogen-bond donors (Lipinski definition) is 1. The second kappa shape index (κ2) is 5.54. The third-order valence-electron chi connectivity index (χ3n) is 3.81. The maximum Gasteiger partial charge on any atom is 0.119 e. The quantitative estimate of drug-likeness (QED) is 0.790. The third kappa shape index (κ3) is 2.34. The molecule has 0 aliphatic heterocycles. The average molecular weight is 301 g/mol. The first kappa shape index (κ1) is 14.2. The molecule has 3 aromatic rings. The lowest BCUT2D eigenvalue weighted by atomic mass is 10.1. The van der Waals surface area contributed by atoms with E-state index in [4.69, 9.17) is 4.74 Å². The number of hydrogen-bond acceptors (Lipinski definition) is 3. The highest BCUT2D eigenvalue weighted by Crippen LogP contribution is 2.37. The Morgan fingerprint density at radius 1 is 1.24 bits per heavy atom. The lowest BCUT2D eigenvalue weighted by Gasteiger charge is -2.08. The highest BCUT2D eigenvalue weighted by molar-refractivity contribution is 7.13. The monoisotopic (exact) mass is 301 g/mol. The Labute approximate surface area is 128 Å². The fraction of sp³-hybridized carbons (Fsp3) is 0.294. The summed E-state index contributed by atoms with van der Waals surface area (Å²) < 4.78 is 7.54. The highest BCUT2D eigenvalue weighted by atomic mass is 32.1. The Morgan fingerprint density at radius 2 is 2.05 bits per heavy atom. The summed E-state index contributed by atoms with van der Waals surface area (Å²) in [5, 5.41) is 12.8. The van der Waals surface area contributed by atoms with Crippen molar-refractivity contribution in [3.8, 4) is 16.3 Å². The number of thiophene rings is 1. The summed E-state index contributed by atoms with van der Waals surface area (Å²) in [4.78, 5) is 1.24. The van der Waals surface area contributed by atoms with E-state index in [1.807, 2.05) is 6.07 Å². The Kier molecular flexibility index (Phi) is 3.74. The Hall–Kier alpha value is -1.78. The van der Waals surface area contributed by atoms with Gasteiger partial charge in [-0.05, 0) is 54.6 Å². The van der Waals surface area contributed by atoms with Crippen molar-refractivity contribution >= 4 is 22.2 Å². The fourth-order valence-electron chi connectivity index (χ4n) is 2.83. The molecule has 3 rings (SSSR count). The highest BCUT2D eigenvalue weighted by Gasteiger charge is 2.17. The summed E-state index contributed by atoms with van der Waals surface area (Å²) in [5.41, 5.74) is 4.85. The Bertz CT molecular complexity index is 786. The molecule has 0 bridgehead atoms. The number of aromatic nitrogens is 1. The van der Waals surface area contributed by atoms with Crippen molar-refractivity contribution in [1.82, 2.24) is 4.57 Å². The number of aryl methyl sites for hydroxylation is 2. The average Bonchev–Trinajstić information content (AvgIpc) is 3.02. The molecule has 3 nitrogen and oxygen atoms in total. The molecule has 0 aliphatic carbocycles. The largest absolute Gasteiger partial charge is 0.497 e. The van der Waals surface area contributed by atoms with Gasteiger partial charge in [0.2, 0.25) is 0 Å². The van der Waals surface area contributed by atoms with Gasteiger partial charge in [0.1, 0.15) is 5.75 Å². The Balaban J connectivity index is 2.31. The summed E-state index contributed by atoms with van der Waals surface area (Å²) in [6.45, 7) is 4.98. The van der Waals surface area contributed by atoms with Crippen molar-refractivity contribution in [3.63, 3.8) is 0 Å². The predicted molar refractivity (Wildman–Crippen MR) is 88.4 cm³/mol.